The average molecular weight is 280 g/mol. The van der Waals surface area contributed by atoms with Gasteiger partial charge in [-0.05, 0) is 19.1 Å². The summed E-state index contributed by atoms with van der Waals surface area (Å²) >= 11 is 5.01. The Morgan fingerprint density at radius 3 is 3.00 bits per heavy atom. The van der Waals surface area contributed by atoms with Crippen LogP contribution in [0.1, 0.15) is 12.6 Å². The van der Waals surface area contributed by atoms with E-state index in [9.17, 15) is 0 Å². The van der Waals surface area contributed by atoms with E-state index in [1.807, 2.05) is 12.1 Å². The smallest absolute Gasteiger partial charge is 0.124 e. The highest BCUT2D eigenvalue weighted by Crippen LogP contribution is 2.13. The van der Waals surface area contributed by atoms with Crippen molar-refractivity contribution in [2.45, 2.75) is 13.0 Å². The van der Waals surface area contributed by atoms with E-state index in [4.69, 9.17) is 22.7 Å². The van der Waals surface area contributed by atoms with Gasteiger partial charge in [-0.3, -0.25) is 9.88 Å². The quantitative estimate of drug-likeness (QED) is 0.780. The largest absolute Gasteiger partial charge is 0.388 e. The molecule has 0 aromatic carbocycles. The number of nitrogens with one attached hydrogen (secondary N) is 1. The number of hydrogen-bond acceptors (Lipinski definition) is 5. The number of ether oxygens (including phenoxy) is 1. The molecule has 0 radical (unpaired) electrons. The number of pyridine rings is 1. The van der Waals surface area contributed by atoms with Crippen molar-refractivity contribution in [3.63, 3.8) is 0 Å². The Kier molecular flexibility index (Phi) is 5.07. The van der Waals surface area contributed by atoms with Gasteiger partial charge >= 0.3 is 0 Å². The molecular weight excluding hydrogens is 260 g/mol. The van der Waals surface area contributed by atoms with Gasteiger partial charge in [-0.15, -0.1) is 0 Å². The molecule has 0 bridgehead atoms. The molecule has 1 aliphatic heterocycles. The molecule has 2 heterocycles. The zero-order valence-electron chi connectivity index (χ0n) is 11.1. The van der Waals surface area contributed by atoms with Gasteiger partial charge in [0.25, 0.3) is 0 Å². The average Bonchev–Trinajstić information content (AvgIpc) is 2.40. The number of hydrogen-bond donors (Lipinski definition) is 2. The van der Waals surface area contributed by atoms with Crippen LogP contribution >= 0.6 is 12.2 Å². The molecule has 1 fully saturated rings. The molecule has 0 saturated carbocycles. The van der Waals surface area contributed by atoms with E-state index < -0.39 is 0 Å². The lowest BCUT2D eigenvalue weighted by molar-refractivity contribution is 0.0368. The lowest BCUT2D eigenvalue weighted by Crippen LogP contribution is -2.42. The highest BCUT2D eigenvalue weighted by molar-refractivity contribution is 7.80. The van der Waals surface area contributed by atoms with Crippen LogP contribution in [0.25, 0.3) is 0 Å². The fraction of sp³-hybridized carbons (Fsp3) is 0.538. The van der Waals surface area contributed by atoms with Crippen molar-refractivity contribution in [3.8, 4) is 0 Å². The lowest BCUT2D eigenvalue weighted by atomic mass is 10.2. The maximum Gasteiger partial charge on any atom is 0.124 e. The first kappa shape index (κ1) is 14.2. The van der Waals surface area contributed by atoms with Gasteiger partial charge in [0.05, 0.1) is 18.9 Å². The molecule has 104 valence electrons. The number of anilines is 1. The van der Waals surface area contributed by atoms with E-state index in [0.717, 1.165) is 38.5 Å². The van der Waals surface area contributed by atoms with Crippen LogP contribution in [-0.2, 0) is 4.74 Å². The van der Waals surface area contributed by atoms with Gasteiger partial charge < -0.3 is 15.8 Å². The maximum absolute atomic E-state index is 5.68. The lowest BCUT2D eigenvalue weighted by Gasteiger charge is -2.29. The molecule has 0 amide bonds. The molecule has 0 spiro atoms. The zero-order chi connectivity index (χ0) is 13.7. The van der Waals surface area contributed by atoms with Gasteiger partial charge in [0.15, 0.2) is 0 Å². The molecule has 5 nitrogen and oxygen atoms in total. The molecule has 3 N–H and O–H groups in total. The predicted octanol–water partition coefficient (Wildman–Crippen LogP) is 0.848. The van der Waals surface area contributed by atoms with Gasteiger partial charge in [-0.1, -0.05) is 12.2 Å². The number of nitrogens with zero attached hydrogens (tertiary/aromatic N) is 2. The second-order valence-electron chi connectivity index (χ2n) is 4.72. The first-order valence-electron chi connectivity index (χ1n) is 6.48. The van der Waals surface area contributed by atoms with Crippen molar-refractivity contribution in [1.82, 2.24) is 9.88 Å². The zero-order valence-corrected chi connectivity index (χ0v) is 11.9. The summed E-state index contributed by atoms with van der Waals surface area (Å²) in [6.45, 7) is 6.72. The van der Waals surface area contributed by atoms with Crippen LogP contribution < -0.4 is 11.1 Å². The van der Waals surface area contributed by atoms with E-state index >= 15 is 0 Å². The molecule has 2 rings (SSSR count). The first-order chi connectivity index (χ1) is 9.16. The summed E-state index contributed by atoms with van der Waals surface area (Å²) in [5.74, 6) is 0. The van der Waals surface area contributed by atoms with Crippen molar-refractivity contribution in [3.05, 3.63) is 24.0 Å². The molecule has 1 saturated heterocycles. The fourth-order valence-electron chi connectivity index (χ4n) is 2.20. The Morgan fingerprint density at radius 2 is 2.32 bits per heavy atom. The standard InChI is InChI=1S/C13H20N4OS/c1-10(9-17-5-7-18-8-6-17)16-11-3-2-4-15-12(11)13(14)19/h2-4,10,16H,5-9H2,1H3,(H2,14,19). The Hall–Kier alpha value is -1.24. The summed E-state index contributed by atoms with van der Waals surface area (Å²) in [7, 11) is 0. The Balaban J connectivity index is 1.94. The summed E-state index contributed by atoms with van der Waals surface area (Å²) in [5, 5.41) is 3.43. The van der Waals surface area contributed by atoms with Crippen LogP contribution in [-0.4, -0.2) is 53.8 Å². The van der Waals surface area contributed by atoms with Crippen LogP contribution in [0.3, 0.4) is 0 Å². The molecule has 1 aromatic heterocycles. The molecule has 1 aliphatic rings. The summed E-state index contributed by atoms with van der Waals surface area (Å²) < 4.78 is 5.34. The number of nitrogens with two attached hydrogens (primary N) is 1. The van der Waals surface area contributed by atoms with E-state index in [1.54, 1.807) is 6.20 Å². The number of aromatic nitrogens is 1. The summed E-state index contributed by atoms with van der Waals surface area (Å²) in [5.41, 5.74) is 7.23. The van der Waals surface area contributed by atoms with Gasteiger partial charge in [0.2, 0.25) is 0 Å². The first-order valence-corrected chi connectivity index (χ1v) is 6.89. The minimum Gasteiger partial charge on any atom is -0.388 e. The molecule has 1 atom stereocenters. The maximum atomic E-state index is 5.68. The van der Waals surface area contributed by atoms with Crippen molar-refractivity contribution in [2.75, 3.05) is 38.2 Å². The summed E-state index contributed by atoms with van der Waals surface area (Å²) in [4.78, 5) is 6.92. The Morgan fingerprint density at radius 1 is 1.58 bits per heavy atom. The van der Waals surface area contributed by atoms with E-state index in [-0.39, 0.29) is 0 Å². The minimum absolute atomic E-state index is 0.301. The normalized spacial score (nSPS) is 17.9. The van der Waals surface area contributed by atoms with Gasteiger partial charge in [0, 0.05) is 31.9 Å². The highest BCUT2D eigenvalue weighted by Gasteiger charge is 2.15. The summed E-state index contributed by atoms with van der Waals surface area (Å²) in [6.07, 6.45) is 1.70. The van der Waals surface area contributed by atoms with Crippen LogP contribution in [0.5, 0.6) is 0 Å². The molecule has 19 heavy (non-hydrogen) atoms. The number of morpholine rings is 1. The minimum atomic E-state index is 0.301. The van der Waals surface area contributed by atoms with Crippen molar-refractivity contribution in [2.24, 2.45) is 5.73 Å². The second kappa shape index (κ2) is 6.79. The SMILES string of the molecule is CC(CN1CCOCC1)Nc1cccnc1C(N)=S. The fourth-order valence-corrected chi connectivity index (χ4v) is 2.36. The Labute approximate surface area is 119 Å². The number of rotatable bonds is 5. The second-order valence-corrected chi connectivity index (χ2v) is 5.16. The number of thiocarbonyl (C=S) groups is 1. The highest BCUT2D eigenvalue weighted by atomic mass is 32.1. The molecule has 6 heteroatoms. The van der Waals surface area contributed by atoms with Crippen LogP contribution in [0.4, 0.5) is 5.69 Å². The van der Waals surface area contributed by atoms with Crippen LogP contribution in [0.15, 0.2) is 18.3 Å². The molecule has 1 aromatic rings. The van der Waals surface area contributed by atoms with Crippen molar-refractivity contribution in [1.29, 1.82) is 0 Å². The van der Waals surface area contributed by atoms with Crippen LogP contribution in [0, 0.1) is 0 Å². The third kappa shape index (κ3) is 4.12. The van der Waals surface area contributed by atoms with E-state index in [0.29, 0.717) is 16.7 Å². The van der Waals surface area contributed by atoms with Crippen molar-refractivity contribution < 1.29 is 4.74 Å². The summed E-state index contributed by atoms with van der Waals surface area (Å²) in [6, 6.07) is 4.14. The van der Waals surface area contributed by atoms with E-state index in [1.165, 1.54) is 0 Å². The van der Waals surface area contributed by atoms with Gasteiger partial charge in [-0.2, -0.15) is 0 Å². The van der Waals surface area contributed by atoms with Gasteiger partial charge in [0.1, 0.15) is 10.7 Å². The van der Waals surface area contributed by atoms with Crippen LogP contribution in [0.2, 0.25) is 0 Å². The molecular formula is C13H20N4OS. The Bertz CT molecular complexity index is 434. The third-order valence-corrected chi connectivity index (χ3v) is 3.27. The van der Waals surface area contributed by atoms with E-state index in [2.05, 4.69) is 22.1 Å². The predicted molar refractivity (Wildman–Crippen MR) is 80.5 cm³/mol. The molecule has 1 unspecified atom stereocenters. The third-order valence-electron chi connectivity index (χ3n) is 3.08. The molecule has 0 aliphatic carbocycles. The van der Waals surface area contributed by atoms with Gasteiger partial charge in [-0.25, -0.2) is 0 Å². The van der Waals surface area contributed by atoms with Crippen molar-refractivity contribution >= 4 is 22.9 Å². The monoisotopic (exact) mass is 280 g/mol. The topological polar surface area (TPSA) is 63.4 Å².